The van der Waals surface area contributed by atoms with Crippen LogP contribution in [0.15, 0.2) is 60.0 Å². The third kappa shape index (κ3) is 7.01. The number of aryl methyl sites for hydroxylation is 1. The highest BCUT2D eigenvalue weighted by atomic mass is 32.1. The highest BCUT2D eigenvalue weighted by Crippen LogP contribution is 2.19. The van der Waals surface area contributed by atoms with Gasteiger partial charge in [-0.15, -0.1) is 11.3 Å². The highest BCUT2D eigenvalue weighted by Gasteiger charge is 2.15. The molecule has 0 aliphatic rings. The van der Waals surface area contributed by atoms with Crippen LogP contribution in [-0.4, -0.2) is 36.4 Å². The molecule has 0 aliphatic carbocycles. The lowest BCUT2D eigenvalue weighted by molar-refractivity contribution is -0.116. The van der Waals surface area contributed by atoms with Crippen molar-refractivity contribution in [3.63, 3.8) is 0 Å². The van der Waals surface area contributed by atoms with E-state index in [9.17, 15) is 9.18 Å². The van der Waals surface area contributed by atoms with Gasteiger partial charge in [0.15, 0.2) is 0 Å². The van der Waals surface area contributed by atoms with Gasteiger partial charge in [-0.3, -0.25) is 4.79 Å². The number of carbonyl (C=O) groups excluding carboxylic acids is 1. The van der Waals surface area contributed by atoms with Crippen LogP contribution in [0.3, 0.4) is 0 Å². The largest absolute Gasteiger partial charge is 0.487 e. The molecule has 0 saturated heterocycles. The Morgan fingerprint density at radius 1 is 1.26 bits per heavy atom. The summed E-state index contributed by atoms with van der Waals surface area (Å²) in [5.74, 6) is 0.253. The van der Waals surface area contributed by atoms with E-state index in [1.54, 1.807) is 23.5 Å². The molecule has 1 amide bonds. The lowest BCUT2D eigenvalue weighted by Gasteiger charge is -2.24. The molecular formula is C24H26FN3O2S. The molecule has 0 saturated carbocycles. The van der Waals surface area contributed by atoms with Gasteiger partial charge in [-0.1, -0.05) is 24.3 Å². The van der Waals surface area contributed by atoms with Crippen LogP contribution < -0.4 is 10.1 Å². The molecule has 5 nitrogen and oxygen atoms in total. The van der Waals surface area contributed by atoms with Gasteiger partial charge in [0.1, 0.15) is 18.2 Å². The second kappa shape index (κ2) is 10.8. The first-order chi connectivity index (χ1) is 14.9. The van der Waals surface area contributed by atoms with Crippen molar-refractivity contribution >= 4 is 23.3 Å². The summed E-state index contributed by atoms with van der Waals surface area (Å²) >= 11 is 1.60. The van der Waals surface area contributed by atoms with Crippen LogP contribution in [0.2, 0.25) is 0 Å². The van der Waals surface area contributed by atoms with E-state index in [2.05, 4.69) is 10.3 Å². The SMILES string of the molecule is Cc1nc(COc2ccc(/C=C/C(=O)NCC(c3cccc(F)c3)N(C)C)cc2)cs1. The zero-order valence-corrected chi connectivity index (χ0v) is 18.7. The van der Waals surface area contributed by atoms with Crippen LogP contribution in [0, 0.1) is 12.7 Å². The Labute approximate surface area is 186 Å². The van der Waals surface area contributed by atoms with Crippen LogP contribution in [0.25, 0.3) is 6.08 Å². The average molecular weight is 440 g/mol. The van der Waals surface area contributed by atoms with E-state index in [1.807, 2.05) is 61.6 Å². The number of amides is 1. The van der Waals surface area contributed by atoms with Crippen LogP contribution in [0.1, 0.15) is 27.9 Å². The van der Waals surface area contributed by atoms with E-state index < -0.39 is 0 Å². The highest BCUT2D eigenvalue weighted by molar-refractivity contribution is 7.09. The number of aromatic nitrogens is 1. The molecule has 0 radical (unpaired) electrons. The zero-order chi connectivity index (χ0) is 22.2. The molecule has 1 atom stereocenters. The molecule has 1 heterocycles. The minimum absolute atomic E-state index is 0.119. The number of halogens is 1. The van der Waals surface area contributed by atoms with Gasteiger partial charge in [-0.2, -0.15) is 0 Å². The van der Waals surface area contributed by atoms with Gasteiger partial charge in [-0.05, 0) is 62.5 Å². The summed E-state index contributed by atoms with van der Waals surface area (Å²) in [6.07, 6.45) is 3.24. The Morgan fingerprint density at radius 3 is 2.68 bits per heavy atom. The summed E-state index contributed by atoms with van der Waals surface area (Å²) in [6, 6.07) is 13.8. The number of carbonyl (C=O) groups is 1. The molecule has 7 heteroatoms. The van der Waals surface area contributed by atoms with E-state index in [4.69, 9.17) is 4.74 Å². The smallest absolute Gasteiger partial charge is 0.244 e. The number of hydrogen-bond donors (Lipinski definition) is 1. The molecular weight excluding hydrogens is 413 g/mol. The maximum absolute atomic E-state index is 13.5. The third-order valence-electron chi connectivity index (χ3n) is 4.69. The normalized spacial score (nSPS) is 12.3. The van der Waals surface area contributed by atoms with E-state index >= 15 is 0 Å². The van der Waals surface area contributed by atoms with Gasteiger partial charge in [0.2, 0.25) is 5.91 Å². The van der Waals surface area contributed by atoms with Crippen molar-refractivity contribution < 1.29 is 13.9 Å². The van der Waals surface area contributed by atoms with Crippen LogP contribution in [0.5, 0.6) is 5.75 Å². The first-order valence-corrected chi connectivity index (χ1v) is 10.8. The molecule has 162 valence electrons. The van der Waals surface area contributed by atoms with Crippen molar-refractivity contribution in [3.8, 4) is 5.75 Å². The number of hydrogen-bond acceptors (Lipinski definition) is 5. The van der Waals surface area contributed by atoms with Crippen LogP contribution in [-0.2, 0) is 11.4 Å². The van der Waals surface area contributed by atoms with Crippen molar-refractivity contribution in [1.29, 1.82) is 0 Å². The molecule has 2 aromatic carbocycles. The summed E-state index contributed by atoms with van der Waals surface area (Å²) in [6.45, 7) is 2.77. The predicted octanol–water partition coefficient (Wildman–Crippen LogP) is 4.60. The monoisotopic (exact) mass is 439 g/mol. The van der Waals surface area contributed by atoms with E-state index in [-0.39, 0.29) is 17.8 Å². The van der Waals surface area contributed by atoms with Crippen molar-refractivity contribution in [2.45, 2.75) is 19.6 Å². The second-order valence-electron chi connectivity index (χ2n) is 7.33. The average Bonchev–Trinajstić information content (AvgIpc) is 3.16. The Morgan fingerprint density at radius 2 is 2.03 bits per heavy atom. The molecule has 0 bridgehead atoms. The zero-order valence-electron chi connectivity index (χ0n) is 17.8. The third-order valence-corrected chi connectivity index (χ3v) is 5.51. The number of nitrogens with zero attached hydrogens (tertiary/aromatic N) is 2. The fraction of sp³-hybridized carbons (Fsp3) is 0.250. The Kier molecular flexibility index (Phi) is 7.92. The Bertz CT molecular complexity index is 1030. The van der Waals surface area contributed by atoms with Crippen molar-refractivity contribution in [2.24, 2.45) is 0 Å². The lowest BCUT2D eigenvalue weighted by atomic mass is 10.1. The maximum Gasteiger partial charge on any atom is 0.244 e. The summed E-state index contributed by atoms with van der Waals surface area (Å²) in [4.78, 5) is 18.6. The predicted molar refractivity (Wildman–Crippen MR) is 122 cm³/mol. The Balaban J connectivity index is 1.50. The molecule has 3 rings (SSSR count). The maximum atomic E-state index is 13.5. The molecule has 3 aromatic rings. The van der Waals surface area contributed by atoms with E-state index in [1.165, 1.54) is 18.2 Å². The summed E-state index contributed by atoms with van der Waals surface area (Å²) in [7, 11) is 3.80. The van der Waals surface area contributed by atoms with Gasteiger partial charge in [0.25, 0.3) is 0 Å². The van der Waals surface area contributed by atoms with E-state index in [0.29, 0.717) is 13.2 Å². The number of thiazole rings is 1. The quantitative estimate of drug-likeness (QED) is 0.495. The molecule has 0 fully saturated rings. The number of rotatable bonds is 9. The first kappa shape index (κ1) is 22.7. The standard InChI is InChI=1S/C24H26FN3O2S/c1-17-27-21(16-31-17)15-30-22-10-7-18(8-11-22)9-12-24(29)26-14-23(28(2)3)19-5-4-6-20(25)13-19/h4-13,16,23H,14-15H2,1-3H3,(H,26,29)/b12-9+. The molecule has 31 heavy (non-hydrogen) atoms. The minimum Gasteiger partial charge on any atom is -0.487 e. The molecule has 0 aliphatic heterocycles. The van der Waals surface area contributed by atoms with Gasteiger partial charge >= 0.3 is 0 Å². The fourth-order valence-electron chi connectivity index (χ4n) is 3.05. The lowest BCUT2D eigenvalue weighted by Crippen LogP contribution is -2.33. The first-order valence-electron chi connectivity index (χ1n) is 9.92. The molecule has 0 spiro atoms. The molecule has 1 unspecified atom stereocenters. The van der Waals surface area contributed by atoms with Crippen molar-refractivity contribution in [3.05, 3.63) is 87.6 Å². The minimum atomic E-state index is -0.287. The van der Waals surface area contributed by atoms with Crippen LogP contribution >= 0.6 is 11.3 Å². The van der Waals surface area contributed by atoms with E-state index in [0.717, 1.165) is 27.6 Å². The molecule has 1 aromatic heterocycles. The summed E-state index contributed by atoms with van der Waals surface area (Å²) < 4.78 is 19.3. The van der Waals surface area contributed by atoms with Gasteiger partial charge in [-0.25, -0.2) is 9.37 Å². The van der Waals surface area contributed by atoms with Crippen LogP contribution in [0.4, 0.5) is 4.39 Å². The van der Waals surface area contributed by atoms with Crippen molar-refractivity contribution in [1.82, 2.24) is 15.2 Å². The fourth-order valence-corrected chi connectivity index (χ4v) is 3.64. The summed E-state index contributed by atoms with van der Waals surface area (Å²) in [5.41, 5.74) is 2.62. The summed E-state index contributed by atoms with van der Waals surface area (Å²) in [5, 5.41) is 5.89. The number of nitrogens with one attached hydrogen (secondary N) is 1. The van der Waals surface area contributed by atoms with Gasteiger partial charge in [0, 0.05) is 18.0 Å². The second-order valence-corrected chi connectivity index (χ2v) is 8.39. The van der Waals surface area contributed by atoms with Gasteiger partial charge in [0.05, 0.1) is 16.7 Å². The topological polar surface area (TPSA) is 54.5 Å². The molecule has 1 N–H and O–H groups in total. The number of ether oxygens (including phenoxy) is 1. The Hall–Kier alpha value is -3.03. The number of benzene rings is 2. The van der Waals surface area contributed by atoms with Gasteiger partial charge < -0.3 is 15.0 Å². The number of likely N-dealkylation sites (N-methyl/N-ethyl adjacent to an activating group) is 1. The van der Waals surface area contributed by atoms with Crippen molar-refractivity contribution in [2.75, 3.05) is 20.6 Å².